The zero-order valence-corrected chi connectivity index (χ0v) is 19.9. The first kappa shape index (κ1) is 24.7. The van der Waals surface area contributed by atoms with Gasteiger partial charge in [-0.2, -0.15) is 4.98 Å². The van der Waals surface area contributed by atoms with E-state index in [-0.39, 0.29) is 36.1 Å². The number of non-ortho nitro benzene ring substituents is 1. The van der Waals surface area contributed by atoms with Gasteiger partial charge in [-0.1, -0.05) is 6.07 Å². The molecule has 1 amide bonds. The third-order valence-electron chi connectivity index (χ3n) is 6.30. The zero-order chi connectivity index (χ0) is 22.7. The molecule has 2 aliphatic rings. The lowest BCUT2D eigenvalue weighted by molar-refractivity contribution is -0.384. The van der Waals surface area contributed by atoms with Crippen molar-refractivity contribution in [3.8, 4) is 0 Å². The van der Waals surface area contributed by atoms with Crippen LogP contribution in [-0.2, 0) is 12.8 Å². The van der Waals surface area contributed by atoms with Crippen LogP contribution in [0.3, 0.4) is 0 Å². The molecule has 4 rings (SSSR count). The van der Waals surface area contributed by atoms with Crippen molar-refractivity contribution in [2.75, 3.05) is 24.3 Å². The van der Waals surface area contributed by atoms with Gasteiger partial charge in [0.2, 0.25) is 5.95 Å². The Morgan fingerprint density at radius 2 is 1.79 bits per heavy atom. The summed E-state index contributed by atoms with van der Waals surface area (Å²) in [7, 11) is 4.05. The highest BCUT2D eigenvalue weighted by Gasteiger charge is 2.25. The first-order valence-corrected chi connectivity index (χ1v) is 11.3. The maximum Gasteiger partial charge on any atom is 0.270 e. The largest absolute Gasteiger partial charge is 0.362 e. The number of anilines is 2. The van der Waals surface area contributed by atoms with Crippen molar-refractivity contribution in [1.29, 1.82) is 0 Å². The molecule has 178 valence electrons. The number of amides is 1. The summed E-state index contributed by atoms with van der Waals surface area (Å²) in [5.74, 6) is 1.44. The number of nitro groups is 1. The maximum atomic E-state index is 12.5. The molecule has 0 aliphatic heterocycles. The Balaban J connectivity index is 0.00000306. The molecule has 0 spiro atoms. The number of hydrogen-bond donors (Lipinski definition) is 2. The molecule has 0 radical (unpaired) electrons. The Labute approximate surface area is 199 Å². The van der Waals surface area contributed by atoms with Crippen LogP contribution >= 0.6 is 12.4 Å². The van der Waals surface area contributed by atoms with E-state index in [1.165, 1.54) is 36.6 Å². The minimum absolute atomic E-state index is 0. The van der Waals surface area contributed by atoms with Gasteiger partial charge in [0.25, 0.3) is 11.6 Å². The average Bonchev–Trinajstić information content (AvgIpc) is 2.79. The Morgan fingerprint density at radius 3 is 2.48 bits per heavy atom. The van der Waals surface area contributed by atoms with E-state index in [1.807, 2.05) is 14.1 Å². The number of rotatable bonds is 6. The van der Waals surface area contributed by atoms with Crippen LogP contribution in [-0.4, -0.2) is 47.0 Å². The van der Waals surface area contributed by atoms with Crippen LogP contribution in [0.4, 0.5) is 17.5 Å². The van der Waals surface area contributed by atoms with E-state index < -0.39 is 4.92 Å². The van der Waals surface area contributed by atoms with E-state index in [2.05, 4.69) is 15.5 Å². The number of aromatic nitrogens is 2. The van der Waals surface area contributed by atoms with Gasteiger partial charge in [0.1, 0.15) is 5.82 Å². The summed E-state index contributed by atoms with van der Waals surface area (Å²) >= 11 is 0. The quantitative estimate of drug-likeness (QED) is 0.482. The fourth-order valence-corrected chi connectivity index (χ4v) is 4.60. The van der Waals surface area contributed by atoms with Gasteiger partial charge < -0.3 is 15.5 Å². The number of nitrogens with one attached hydrogen (secondary N) is 2. The second-order valence-corrected chi connectivity index (χ2v) is 8.87. The first-order valence-electron chi connectivity index (χ1n) is 11.3. The predicted octanol–water partition coefficient (Wildman–Crippen LogP) is 3.90. The lowest BCUT2D eigenvalue weighted by Crippen LogP contribution is -2.40. The molecule has 0 unspecified atom stereocenters. The van der Waals surface area contributed by atoms with Crippen molar-refractivity contribution < 1.29 is 9.72 Å². The molecule has 2 N–H and O–H groups in total. The van der Waals surface area contributed by atoms with Crippen molar-refractivity contribution in [3.63, 3.8) is 0 Å². The van der Waals surface area contributed by atoms with E-state index in [9.17, 15) is 14.9 Å². The molecule has 1 aromatic heterocycles. The number of halogens is 1. The van der Waals surface area contributed by atoms with Crippen molar-refractivity contribution in [3.05, 3.63) is 51.2 Å². The van der Waals surface area contributed by atoms with E-state index in [1.54, 1.807) is 6.07 Å². The Morgan fingerprint density at radius 1 is 1.09 bits per heavy atom. The molecule has 1 aromatic carbocycles. The fourth-order valence-electron chi connectivity index (χ4n) is 4.60. The smallest absolute Gasteiger partial charge is 0.270 e. The SMILES string of the molecule is CN(C)c1nc(N[C@H]2CC[C@@H](NC(=O)c3cccc([N+](=O)[O-])c3)CC2)nc2c1CCCC2.Cl. The van der Waals surface area contributed by atoms with Gasteiger partial charge in [-0.15, -0.1) is 12.4 Å². The molecule has 10 heteroatoms. The van der Waals surface area contributed by atoms with Gasteiger partial charge in [-0.3, -0.25) is 14.9 Å². The normalized spacial score (nSPS) is 19.6. The van der Waals surface area contributed by atoms with Crippen LogP contribution in [0.1, 0.15) is 60.1 Å². The molecule has 1 heterocycles. The summed E-state index contributed by atoms with van der Waals surface area (Å²) in [6, 6.07) is 6.16. The number of carbonyl (C=O) groups is 1. The van der Waals surface area contributed by atoms with Gasteiger partial charge in [0, 0.05) is 49.4 Å². The molecule has 33 heavy (non-hydrogen) atoms. The number of nitrogens with zero attached hydrogens (tertiary/aromatic N) is 4. The molecule has 9 nitrogen and oxygen atoms in total. The van der Waals surface area contributed by atoms with Crippen molar-refractivity contribution in [2.45, 2.75) is 63.5 Å². The van der Waals surface area contributed by atoms with Gasteiger partial charge in [-0.05, 0) is 57.4 Å². The van der Waals surface area contributed by atoms with E-state index in [4.69, 9.17) is 9.97 Å². The number of benzene rings is 1. The summed E-state index contributed by atoms with van der Waals surface area (Å²) in [4.78, 5) is 34.6. The number of carbonyl (C=O) groups excluding carboxylic acids is 1. The number of aryl methyl sites for hydroxylation is 1. The second kappa shape index (κ2) is 10.8. The van der Waals surface area contributed by atoms with Crippen molar-refractivity contribution >= 4 is 35.8 Å². The topological polar surface area (TPSA) is 113 Å². The summed E-state index contributed by atoms with van der Waals surface area (Å²) in [6.07, 6.45) is 7.88. The minimum Gasteiger partial charge on any atom is -0.362 e. The van der Waals surface area contributed by atoms with Crippen molar-refractivity contribution in [1.82, 2.24) is 15.3 Å². The van der Waals surface area contributed by atoms with Crippen LogP contribution in [0.2, 0.25) is 0 Å². The Hall–Kier alpha value is -2.94. The Kier molecular flexibility index (Phi) is 8.07. The Bertz CT molecular complexity index is 1010. The molecule has 0 atom stereocenters. The van der Waals surface area contributed by atoms with Crippen LogP contribution < -0.4 is 15.5 Å². The first-order chi connectivity index (χ1) is 15.4. The van der Waals surface area contributed by atoms with Crippen LogP contribution in [0.25, 0.3) is 0 Å². The maximum absolute atomic E-state index is 12.5. The summed E-state index contributed by atoms with van der Waals surface area (Å²) < 4.78 is 0. The second-order valence-electron chi connectivity index (χ2n) is 8.87. The summed E-state index contributed by atoms with van der Waals surface area (Å²) in [6.45, 7) is 0. The zero-order valence-electron chi connectivity index (χ0n) is 19.0. The van der Waals surface area contributed by atoms with Crippen molar-refractivity contribution in [2.24, 2.45) is 0 Å². The van der Waals surface area contributed by atoms with E-state index >= 15 is 0 Å². The lowest BCUT2D eigenvalue weighted by atomic mass is 9.91. The van der Waals surface area contributed by atoms with E-state index in [0.717, 1.165) is 50.0 Å². The van der Waals surface area contributed by atoms with Crippen LogP contribution in [0.15, 0.2) is 24.3 Å². The molecule has 2 aromatic rings. The monoisotopic (exact) mass is 474 g/mol. The third-order valence-corrected chi connectivity index (χ3v) is 6.30. The highest BCUT2D eigenvalue weighted by atomic mass is 35.5. The fraction of sp³-hybridized carbons (Fsp3) is 0.522. The molecule has 2 aliphatic carbocycles. The molecule has 1 fully saturated rings. The van der Waals surface area contributed by atoms with Gasteiger partial charge in [-0.25, -0.2) is 4.98 Å². The third kappa shape index (κ3) is 5.90. The molecule has 0 bridgehead atoms. The van der Waals surface area contributed by atoms with Crippen LogP contribution in [0, 0.1) is 10.1 Å². The van der Waals surface area contributed by atoms with Crippen LogP contribution in [0.5, 0.6) is 0 Å². The number of hydrogen-bond acceptors (Lipinski definition) is 7. The predicted molar refractivity (Wildman–Crippen MR) is 130 cm³/mol. The molecular formula is C23H31ClN6O3. The van der Waals surface area contributed by atoms with Gasteiger partial charge in [0.05, 0.1) is 10.6 Å². The summed E-state index contributed by atoms with van der Waals surface area (Å²) in [5, 5.41) is 17.5. The molecule has 1 saturated carbocycles. The van der Waals surface area contributed by atoms with Gasteiger partial charge >= 0.3 is 0 Å². The lowest BCUT2D eigenvalue weighted by Gasteiger charge is -2.30. The molecular weight excluding hydrogens is 444 g/mol. The summed E-state index contributed by atoms with van der Waals surface area (Å²) in [5.41, 5.74) is 2.68. The minimum atomic E-state index is -0.488. The highest BCUT2D eigenvalue weighted by molar-refractivity contribution is 5.95. The number of nitro benzene ring substituents is 1. The standard InChI is InChI=1S/C23H30N6O3.ClH/c1-28(2)21-19-8-3-4-9-20(19)26-23(27-21)25-17-12-10-16(11-13-17)24-22(30)15-6-5-7-18(14-15)29(31)32;/h5-7,14,16-17H,3-4,8-13H2,1-2H3,(H,24,30)(H,25,26,27);1H/t16-,17+;. The van der Waals surface area contributed by atoms with E-state index in [0.29, 0.717) is 11.5 Å². The highest BCUT2D eigenvalue weighted by Crippen LogP contribution is 2.29. The average molecular weight is 475 g/mol. The molecule has 0 saturated heterocycles. The number of fused-ring (bicyclic) bond motifs is 1. The van der Waals surface area contributed by atoms with Gasteiger partial charge in [0.15, 0.2) is 0 Å².